The SMILES string of the molecule is CNc1ncc(F)cc1C(=O)NCCCC1CC1. The van der Waals surface area contributed by atoms with Gasteiger partial charge in [-0.05, 0) is 24.8 Å². The van der Waals surface area contributed by atoms with Gasteiger partial charge in [0, 0.05) is 13.6 Å². The van der Waals surface area contributed by atoms with E-state index in [-0.39, 0.29) is 11.5 Å². The maximum Gasteiger partial charge on any atom is 0.255 e. The molecule has 1 heterocycles. The quantitative estimate of drug-likeness (QED) is 0.762. The van der Waals surface area contributed by atoms with Crippen LogP contribution in [0.3, 0.4) is 0 Å². The van der Waals surface area contributed by atoms with Crippen LogP contribution in [-0.2, 0) is 0 Å². The van der Waals surface area contributed by atoms with Crippen LogP contribution in [0.2, 0.25) is 0 Å². The number of hydrogen-bond donors (Lipinski definition) is 2. The highest BCUT2D eigenvalue weighted by atomic mass is 19.1. The lowest BCUT2D eigenvalue weighted by Gasteiger charge is -2.08. The van der Waals surface area contributed by atoms with Crippen molar-refractivity contribution in [3.8, 4) is 0 Å². The molecule has 1 saturated carbocycles. The van der Waals surface area contributed by atoms with E-state index in [1.54, 1.807) is 7.05 Å². The Labute approximate surface area is 106 Å². The molecule has 2 rings (SSSR count). The van der Waals surface area contributed by atoms with Crippen molar-refractivity contribution in [2.24, 2.45) is 5.92 Å². The summed E-state index contributed by atoms with van der Waals surface area (Å²) in [6.07, 6.45) is 5.89. The molecule has 4 nitrogen and oxygen atoms in total. The lowest BCUT2D eigenvalue weighted by molar-refractivity contribution is 0.0953. The molecular weight excluding hydrogens is 233 g/mol. The van der Waals surface area contributed by atoms with E-state index in [4.69, 9.17) is 0 Å². The second-order valence-electron chi connectivity index (χ2n) is 4.64. The van der Waals surface area contributed by atoms with Crippen molar-refractivity contribution in [2.75, 3.05) is 18.9 Å². The summed E-state index contributed by atoms with van der Waals surface area (Å²) in [5.41, 5.74) is 0.254. The Morgan fingerprint density at radius 1 is 1.56 bits per heavy atom. The summed E-state index contributed by atoms with van der Waals surface area (Å²) >= 11 is 0. The average molecular weight is 251 g/mol. The van der Waals surface area contributed by atoms with Gasteiger partial charge in [0.2, 0.25) is 0 Å². The number of aromatic nitrogens is 1. The summed E-state index contributed by atoms with van der Waals surface area (Å²) in [5.74, 6) is 0.487. The molecule has 0 atom stereocenters. The summed E-state index contributed by atoms with van der Waals surface area (Å²) < 4.78 is 13.1. The minimum atomic E-state index is -0.503. The first-order chi connectivity index (χ1) is 8.70. The van der Waals surface area contributed by atoms with E-state index in [1.165, 1.54) is 25.3 Å². The van der Waals surface area contributed by atoms with Gasteiger partial charge in [-0.25, -0.2) is 9.37 Å². The first kappa shape index (κ1) is 12.8. The van der Waals surface area contributed by atoms with Crippen LogP contribution in [0.25, 0.3) is 0 Å². The summed E-state index contributed by atoms with van der Waals surface area (Å²) in [5, 5.41) is 5.58. The Hall–Kier alpha value is -1.65. The van der Waals surface area contributed by atoms with Gasteiger partial charge >= 0.3 is 0 Å². The summed E-state index contributed by atoms with van der Waals surface area (Å²) in [4.78, 5) is 15.7. The topological polar surface area (TPSA) is 54.0 Å². The molecule has 5 heteroatoms. The van der Waals surface area contributed by atoms with E-state index in [1.807, 2.05) is 0 Å². The summed E-state index contributed by atoms with van der Waals surface area (Å²) in [7, 11) is 1.66. The number of halogens is 1. The zero-order valence-electron chi connectivity index (χ0n) is 10.5. The van der Waals surface area contributed by atoms with Crippen LogP contribution in [0.15, 0.2) is 12.3 Å². The molecule has 0 saturated heterocycles. The van der Waals surface area contributed by atoms with Crippen LogP contribution in [0, 0.1) is 11.7 Å². The summed E-state index contributed by atoms with van der Waals surface area (Å²) in [6, 6.07) is 1.20. The van der Waals surface area contributed by atoms with Gasteiger partial charge < -0.3 is 10.6 Å². The van der Waals surface area contributed by atoms with Crippen molar-refractivity contribution in [3.63, 3.8) is 0 Å². The van der Waals surface area contributed by atoms with Gasteiger partial charge in [-0.3, -0.25) is 4.79 Å². The van der Waals surface area contributed by atoms with E-state index in [9.17, 15) is 9.18 Å². The van der Waals surface area contributed by atoms with Crippen LogP contribution < -0.4 is 10.6 Å². The average Bonchev–Trinajstić information content (AvgIpc) is 3.18. The smallest absolute Gasteiger partial charge is 0.255 e. The maximum atomic E-state index is 13.1. The fourth-order valence-corrected chi connectivity index (χ4v) is 1.91. The minimum Gasteiger partial charge on any atom is -0.372 e. The number of anilines is 1. The van der Waals surface area contributed by atoms with Crippen molar-refractivity contribution >= 4 is 11.7 Å². The molecule has 18 heavy (non-hydrogen) atoms. The van der Waals surface area contributed by atoms with E-state index in [2.05, 4.69) is 15.6 Å². The van der Waals surface area contributed by atoms with Crippen molar-refractivity contribution in [1.29, 1.82) is 0 Å². The molecule has 0 spiro atoms. The van der Waals surface area contributed by atoms with Crippen molar-refractivity contribution in [1.82, 2.24) is 10.3 Å². The van der Waals surface area contributed by atoms with E-state index in [0.717, 1.165) is 18.5 Å². The number of rotatable bonds is 6. The third kappa shape index (κ3) is 3.42. The number of nitrogens with one attached hydrogen (secondary N) is 2. The molecule has 0 bridgehead atoms. The second kappa shape index (κ2) is 5.80. The number of hydrogen-bond acceptors (Lipinski definition) is 3. The Morgan fingerprint density at radius 2 is 2.33 bits per heavy atom. The molecule has 1 amide bonds. The van der Waals surface area contributed by atoms with Crippen LogP contribution in [0.4, 0.5) is 10.2 Å². The number of carbonyl (C=O) groups excluding carboxylic acids is 1. The molecule has 2 N–H and O–H groups in total. The Balaban J connectivity index is 1.88. The van der Waals surface area contributed by atoms with Gasteiger partial charge in [0.1, 0.15) is 11.6 Å². The monoisotopic (exact) mass is 251 g/mol. The predicted molar refractivity (Wildman–Crippen MR) is 68.0 cm³/mol. The minimum absolute atomic E-state index is 0.254. The molecule has 98 valence electrons. The lowest BCUT2D eigenvalue weighted by atomic mass is 10.2. The highest BCUT2D eigenvalue weighted by Crippen LogP contribution is 2.33. The van der Waals surface area contributed by atoms with Crippen molar-refractivity contribution in [3.05, 3.63) is 23.6 Å². The third-order valence-electron chi connectivity index (χ3n) is 3.11. The van der Waals surface area contributed by atoms with E-state index < -0.39 is 5.82 Å². The number of pyridine rings is 1. The van der Waals surface area contributed by atoms with Crippen LogP contribution in [0.1, 0.15) is 36.0 Å². The molecule has 1 fully saturated rings. The lowest BCUT2D eigenvalue weighted by Crippen LogP contribution is -2.25. The van der Waals surface area contributed by atoms with E-state index in [0.29, 0.717) is 12.4 Å². The third-order valence-corrected chi connectivity index (χ3v) is 3.11. The maximum absolute atomic E-state index is 13.1. The zero-order valence-corrected chi connectivity index (χ0v) is 10.5. The van der Waals surface area contributed by atoms with Gasteiger partial charge in [-0.15, -0.1) is 0 Å². The van der Waals surface area contributed by atoms with Crippen LogP contribution in [0.5, 0.6) is 0 Å². The fourth-order valence-electron chi connectivity index (χ4n) is 1.91. The Bertz CT molecular complexity index is 432. The Kier molecular flexibility index (Phi) is 4.12. The molecule has 0 aromatic carbocycles. The fraction of sp³-hybridized carbons (Fsp3) is 0.538. The summed E-state index contributed by atoms with van der Waals surface area (Å²) in [6.45, 7) is 0.634. The first-order valence-corrected chi connectivity index (χ1v) is 6.32. The highest BCUT2D eigenvalue weighted by molar-refractivity contribution is 5.98. The van der Waals surface area contributed by atoms with Gasteiger partial charge in [0.25, 0.3) is 5.91 Å². The first-order valence-electron chi connectivity index (χ1n) is 6.32. The van der Waals surface area contributed by atoms with E-state index >= 15 is 0 Å². The predicted octanol–water partition coefficient (Wildman–Crippen LogP) is 2.18. The largest absolute Gasteiger partial charge is 0.372 e. The molecule has 1 aliphatic rings. The van der Waals surface area contributed by atoms with Gasteiger partial charge in [0.15, 0.2) is 0 Å². The molecule has 0 radical (unpaired) electrons. The standard InChI is InChI=1S/C13H18FN3O/c1-15-12-11(7-10(14)8-17-12)13(18)16-6-2-3-9-4-5-9/h7-9H,2-6H2,1H3,(H,15,17)(H,16,18). The number of amides is 1. The highest BCUT2D eigenvalue weighted by Gasteiger charge is 2.20. The normalized spacial score (nSPS) is 14.3. The second-order valence-corrected chi connectivity index (χ2v) is 4.64. The molecule has 0 aliphatic heterocycles. The molecule has 0 unspecified atom stereocenters. The number of carbonyl (C=O) groups is 1. The van der Waals surface area contributed by atoms with Crippen LogP contribution >= 0.6 is 0 Å². The van der Waals surface area contributed by atoms with Crippen LogP contribution in [-0.4, -0.2) is 24.5 Å². The molecule has 1 aliphatic carbocycles. The number of nitrogens with zero attached hydrogens (tertiary/aromatic N) is 1. The van der Waals surface area contributed by atoms with Crippen molar-refractivity contribution < 1.29 is 9.18 Å². The van der Waals surface area contributed by atoms with Gasteiger partial charge in [-0.1, -0.05) is 12.8 Å². The molecular formula is C13H18FN3O. The zero-order chi connectivity index (χ0) is 13.0. The molecule has 1 aromatic rings. The van der Waals surface area contributed by atoms with Crippen molar-refractivity contribution in [2.45, 2.75) is 25.7 Å². The van der Waals surface area contributed by atoms with Gasteiger partial charge in [0.05, 0.1) is 11.8 Å². The molecule has 1 aromatic heterocycles. The van der Waals surface area contributed by atoms with Gasteiger partial charge in [-0.2, -0.15) is 0 Å². The Morgan fingerprint density at radius 3 is 3.00 bits per heavy atom.